The molecule has 1 rings (SSSR count). The van der Waals surface area contributed by atoms with Gasteiger partial charge >= 0.3 is 11.9 Å². The number of nitrogens with one attached hydrogen (secondary N) is 1. The predicted octanol–water partition coefficient (Wildman–Crippen LogP) is -1.35. The van der Waals surface area contributed by atoms with Crippen LogP contribution in [0.2, 0.25) is 0 Å². The topological polar surface area (TPSA) is 158 Å². The molecule has 1 aromatic rings. The van der Waals surface area contributed by atoms with E-state index in [2.05, 4.69) is 4.99 Å². The molecular weight excluding hydrogens is 296 g/mol. The second-order valence-corrected chi connectivity index (χ2v) is 4.55. The van der Waals surface area contributed by atoms with Crippen molar-refractivity contribution < 1.29 is 24.9 Å². The van der Waals surface area contributed by atoms with Crippen molar-refractivity contribution in [2.45, 2.75) is 18.9 Å². The molecular formula is C12H16N4O6. The molecule has 0 aromatic carbocycles. The average molecular weight is 312 g/mol. The molecule has 0 bridgehead atoms. The highest BCUT2D eigenvalue weighted by Crippen LogP contribution is 2.08. The summed E-state index contributed by atoms with van der Waals surface area (Å²) in [5.41, 5.74) is -1.24. The minimum atomic E-state index is -1.35. The first-order chi connectivity index (χ1) is 10.2. The van der Waals surface area contributed by atoms with Gasteiger partial charge in [-0.25, -0.2) is 4.79 Å². The lowest BCUT2D eigenvalue weighted by Crippen LogP contribution is -2.39. The number of aromatic nitrogens is 2. The smallest absolute Gasteiger partial charge is 0.328 e. The molecule has 0 aliphatic carbocycles. The van der Waals surface area contributed by atoms with Crippen LogP contribution in [0.15, 0.2) is 9.79 Å². The summed E-state index contributed by atoms with van der Waals surface area (Å²) < 4.78 is 1.98. The first kappa shape index (κ1) is 17.1. The Morgan fingerprint density at radius 2 is 1.91 bits per heavy atom. The lowest BCUT2D eigenvalue weighted by Gasteiger charge is -2.10. The largest absolute Gasteiger partial charge is 0.494 e. The molecule has 0 aliphatic rings. The summed E-state index contributed by atoms with van der Waals surface area (Å²) in [6.07, 6.45) is 0.250. The van der Waals surface area contributed by atoms with Crippen molar-refractivity contribution in [2.24, 2.45) is 19.1 Å². The number of carboxylic acid groups (broad SMARTS) is 2. The summed E-state index contributed by atoms with van der Waals surface area (Å²) in [6.45, 7) is 0. The van der Waals surface area contributed by atoms with E-state index in [0.717, 1.165) is 15.3 Å². The van der Waals surface area contributed by atoms with Gasteiger partial charge in [0.1, 0.15) is 11.6 Å². The minimum Gasteiger partial charge on any atom is -0.494 e. The van der Waals surface area contributed by atoms with Gasteiger partial charge in [0.25, 0.3) is 5.56 Å². The summed E-state index contributed by atoms with van der Waals surface area (Å²) in [4.78, 5) is 37.1. The monoisotopic (exact) mass is 312 g/mol. The molecule has 0 amide bonds. The fraction of sp³-hybridized carbons (Fsp3) is 0.417. The normalized spacial score (nSPS) is 12.5. The zero-order valence-corrected chi connectivity index (χ0v) is 12.0. The molecule has 10 nitrogen and oxygen atoms in total. The summed E-state index contributed by atoms with van der Waals surface area (Å²) in [5, 5.41) is 35.0. The SMILES string of the molecule is Cn1c(O)c(C=N[C@H](CCC(=O)O)C(=O)O)c(=O)n(C)c1=N. The number of carbonyl (C=O) groups is 2. The molecule has 0 spiro atoms. The molecule has 0 aliphatic heterocycles. The molecule has 0 radical (unpaired) electrons. The Morgan fingerprint density at radius 3 is 2.41 bits per heavy atom. The number of hydrogen-bond acceptors (Lipinski definition) is 6. The molecule has 0 saturated heterocycles. The van der Waals surface area contributed by atoms with Gasteiger partial charge < -0.3 is 15.3 Å². The number of aliphatic carboxylic acids is 2. The standard InChI is InChI=1S/C12H16N4O6/c1-15-9(19)6(10(20)16(2)12(15)13)5-14-7(11(21)22)3-4-8(17)18/h5,7,13,19H,3-4H2,1-2H3,(H,17,18)(H,21,22)/t7-/m1/s1. The third kappa shape index (κ3) is 3.59. The second kappa shape index (κ2) is 6.70. The van der Waals surface area contributed by atoms with E-state index in [4.69, 9.17) is 15.6 Å². The molecule has 1 atom stereocenters. The summed E-state index contributed by atoms with van der Waals surface area (Å²) in [6, 6.07) is -1.35. The van der Waals surface area contributed by atoms with Crippen molar-refractivity contribution in [1.29, 1.82) is 5.41 Å². The third-order valence-corrected chi connectivity index (χ3v) is 3.03. The summed E-state index contributed by atoms with van der Waals surface area (Å²) >= 11 is 0. The van der Waals surface area contributed by atoms with Gasteiger partial charge in [-0.05, 0) is 6.42 Å². The van der Waals surface area contributed by atoms with Crippen LogP contribution in [0.3, 0.4) is 0 Å². The number of carboxylic acids is 2. The number of rotatable bonds is 6. The van der Waals surface area contributed by atoms with Crippen LogP contribution in [-0.4, -0.2) is 48.6 Å². The van der Waals surface area contributed by atoms with Gasteiger partial charge in [-0.2, -0.15) is 0 Å². The van der Waals surface area contributed by atoms with Crippen molar-refractivity contribution >= 4 is 18.2 Å². The first-order valence-electron chi connectivity index (χ1n) is 6.18. The van der Waals surface area contributed by atoms with Gasteiger partial charge in [-0.15, -0.1) is 0 Å². The maximum Gasteiger partial charge on any atom is 0.328 e. The highest BCUT2D eigenvalue weighted by atomic mass is 16.4. The lowest BCUT2D eigenvalue weighted by atomic mass is 10.1. The van der Waals surface area contributed by atoms with Crippen LogP contribution in [-0.2, 0) is 23.7 Å². The Balaban J connectivity index is 3.22. The van der Waals surface area contributed by atoms with Crippen LogP contribution < -0.4 is 11.2 Å². The fourth-order valence-corrected chi connectivity index (χ4v) is 1.68. The van der Waals surface area contributed by atoms with Gasteiger partial charge in [0.2, 0.25) is 11.5 Å². The van der Waals surface area contributed by atoms with Gasteiger partial charge in [0.05, 0.1) is 0 Å². The van der Waals surface area contributed by atoms with E-state index in [9.17, 15) is 19.5 Å². The molecule has 0 unspecified atom stereocenters. The zero-order chi connectivity index (χ0) is 17.0. The molecule has 4 N–H and O–H groups in total. The Hall–Kier alpha value is -2.91. The molecule has 1 heterocycles. The van der Waals surface area contributed by atoms with E-state index >= 15 is 0 Å². The maximum atomic E-state index is 11.9. The van der Waals surface area contributed by atoms with Crippen LogP contribution in [0.4, 0.5) is 0 Å². The molecule has 0 saturated carbocycles. The molecule has 10 heteroatoms. The van der Waals surface area contributed by atoms with Gasteiger partial charge in [-0.3, -0.25) is 29.1 Å². The Labute approximate surface area is 124 Å². The van der Waals surface area contributed by atoms with Crippen molar-refractivity contribution in [1.82, 2.24) is 9.13 Å². The Morgan fingerprint density at radius 1 is 1.32 bits per heavy atom. The maximum absolute atomic E-state index is 11.9. The van der Waals surface area contributed by atoms with E-state index in [1.807, 2.05) is 0 Å². The van der Waals surface area contributed by atoms with E-state index in [1.165, 1.54) is 14.1 Å². The van der Waals surface area contributed by atoms with Crippen molar-refractivity contribution in [3.05, 3.63) is 21.5 Å². The highest BCUT2D eigenvalue weighted by Gasteiger charge is 2.18. The van der Waals surface area contributed by atoms with Crippen LogP contribution >= 0.6 is 0 Å². The van der Waals surface area contributed by atoms with Gasteiger partial charge in [-0.1, -0.05) is 0 Å². The highest BCUT2D eigenvalue weighted by molar-refractivity contribution is 5.85. The lowest BCUT2D eigenvalue weighted by molar-refractivity contribution is -0.139. The Kier molecular flexibility index (Phi) is 5.22. The zero-order valence-electron chi connectivity index (χ0n) is 12.0. The second-order valence-electron chi connectivity index (χ2n) is 4.55. The van der Waals surface area contributed by atoms with E-state index < -0.39 is 35.8 Å². The Bertz CT molecular complexity index is 745. The quantitative estimate of drug-likeness (QED) is 0.475. The number of aromatic hydroxyl groups is 1. The van der Waals surface area contributed by atoms with Crippen molar-refractivity contribution in [2.75, 3.05) is 0 Å². The first-order valence-corrected chi connectivity index (χ1v) is 6.18. The number of nitrogens with zero attached hydrogens (tertiary/aromatic N) is 3. The molecule has 1 aromatic heterocycles. The minimum absolute atomic E-state index is 0.245. The number of hydrogen-bond donors (Lipinski definition) is 4. The van der Waals surface area contributed by atoms with Crippen molar-refractivity contribution in [3.8, 4) is 5.88 Å². The number of aliphatic imine (C=N–C) groups is 1. The van der Waals surface area contributed by atoms with Crippen molar-refractivity contribution in [3.63, 3.8) is 0 Å². The van der Waals surface area contributed by atoms with E-state index in [-0.39, 0.29) is 17.6 Å². The van der Waals surface area contributed by atoms with Gasteiger partial charge in [0, 0.05) is 26.7 Å². The van der Waals surface area contributed by atoms with E-state index in [0.29, 0.717) is 0 Å². The summed E-state index contributed by atoms with van der Waals surface area (Å²) in [5.74, 6) is -3.03. The van der Waals surface area contributed by atoms with Crippen LogP contribution in [0.5, 0.6) is 5.88 Å². The molecule has 22 heavy (non-hydrogen) atoms. The van der Waals surface area contributed by atoms with E-state index in [1.54, 1.807) is 0 Å². The van der Waals surface area contributed by atoms with Crippen LogP contribution in [0, 0.1) is 5.41 Å². The molecule has 0 fully saturated rings. The molecule has 120 valence electrons. The fourth-order valence-electron chi connectivity index (χ4n) is 1.68. The summed E-state index contributed by atoms with van der Waals surface area (Å²) in [7, 11) is 2.67. The average Bonchev–Trinajstić information content (AvgIpc) is 2.45. The van der Waals surface area contributed by atoms with Crippen LogP contribution in [0.1, 0.15) is 18.4 Å². The van der Waals surface area contributed by atoms with Crippen LogP contribution in [0.25, 0.3) is 0 Å². The predicted molar refractivity (Wildman–Crippen MR) is 74.1 cm³/mol. The third-order valence-electron chi connectivity index (χ3n) is 3.03. The van der Waals surface area contributed by atoms with Gasteiger partial charge in [0.15, 0.2) is 0 Å².